The Morgan fingerprint density at radius 2 is 1.17 bits per heavy atom. The van der Waals surface area contributed by atoms with Crippen molar-refractivity contribution in [3.63, 3.8) is 0 Å². The maximum absolute atomic E-state index is 2.87. The van der Waals surface area contributed by atoms with E-state index in [1.165, 1.54) is 98.3 Å². The van der Waals surface area contributed by atoms with Crippen molar-refractivity contribution in [1.82, 2.24) is 0 Å². The molecule has 0 aromatic heterocycles. The highest BCUT2D eigenvalue weighted by Gasteiger charge is 2.61. The average Bonchev–Trinajstić information content (AvgIpc) is 3.32. The van der Waals surface area contributed by atoms with Gasteiger partial charge < -0.3 is 9.80 Å². The molecule has 3 heterocycles. The highest BCUT2D eigenvalue weighted by Crippen LogP contribution is 2.62. The number of fused-ring (bicyclic) bond motifs is 7. The second kappa shape index (κ2) is 11.2. The SMILES string of the molecule is CC(C)(C)c1ccc(N2c3cc(C(C)(C)C)ccc3B3c4cccc5c4N(c4cc(C(C)(C)C)cc2c43)C2(C)CCCCC52C)c(-c2ccccc2)c1. The number of hydrogen-bond acceptors (Lipinski definition) is 2. The molecule has 3 aliphatic heterocycles. The van der Waals surface area contributed by atoms with Crippen LogP contribution in [0.2, 0.25) is 0 Å². The molecule has 0 N–H and O–H groups in total. The summed E-state index contributed by atoms with van der Waals surface area (Å²) in [5.41, 5.74) is 19.5. The molecule has 2 nitrogen and oxygen atoms in total. The van der Waals surface area contributed by atoms with Crippen molar-refractivity contribution in [3.8, 4) is 11.1 Å². The summed E-state index contributed by atoms with van der Waals surface area (Å²) < 4.78 is 0. The number of para-hydroxylation sites is 1. The Kier molecular flexibility index (Phi) is 7.27. The van der Waals surface area contributed by atoms with Crippen LogP contribution < -0.4 is 26.2 Å². The number of anilines is 5. The first-order chi connectivity index (χ1) is 24.9. The lowest BCUT2D eigenvalue weighted by Gasteiger charge is -2.53. The van der Waals surface area contributed by atoms with E-state index < -0.39 is 0 Å². The predicted molar refractivity (Wildman–Crippen MR) is 230 cm³/mol. The summed E-state index contributed by atoms with van der Waals surface area (Å²) in [4.78, 5) is 5.55. The summed E-state index contributed by atoms with van der Waals surface area (Å²) in [5.74, 6) is 0. The third-order valence-electron chi connectivity index (χ3n) is 13.9. The molecular weight excluding hydrogens is 639 g/mol. The molecule has 0 radical (unpaired) electrons. The molecular formula is C50H57BN2. The molecule has 0 spiro atoms. The minimum absolute atomic E-state index is 0.00366. The largest absolute Gasteiger partial charge is 0.335 e. The van der Waals surface area contributed by atoms with Crippen LogP contribution in [0.1, 0.15) is 124 Å². The number of nitrogens with zero attached hydrogens (tertiary/aromatic N) is 2. The van der Waals surface area contributed by atoms with E-state index in [4.69, 9.17) is 0 Å². The van der Waals surface area contributed by atoms with Crippen molar-refractivity contribution in [3.05, 3.63) is 119 Å². The number of rotatable bonds is 2. The van der Waals surface area contributed by atoms with E-state index in [1.807, 2.05) is 0 Å². The maximum atomic E-state index is 2.87. The van der Waals surface area contributed by atoms with Crippen LogP contribution in [-0.4, -0.2) is 12.3 Å². The quantitative estimate of drug-likeness (QED) is 0.166. The van der Waals surface area contributed by atoms with Crippen LogP contribution in [0.15, 0.2) is 97.1 Å². The summed E-state index contributed by atoms with van der Waals surface area (Å²) in [5, 5.41) is 0. The van der Waals surface area contributed by atoms with Crippen molar-refractivity contribution in [2.24, 2.45) is 0 Å². The fraction of sp³-hybridized carbons (Fsp3) is 0.400. The summed E-state index contributed by atoms with van der Waals surface area (Å²) >= 11 is 0. The Morgan fingerprint density at radius 1 is 0.547 bits per heavy atom. The van der Waals surface area contributed by atoms with E-state index in [-0.39, 0.29) is 33.9 Å². The topological polar surface area (TPSA) is 6.48 Å². The van der Waals surface area contributed by atoms with Crippen LogP contribution in [-0.2, 0) is 21.7 Å². The standard InChI is InChI=1S/C50H57BN2/c1-46(2,3)33-23-25-40(36(28-33)32-18-13-12-14-19-32)52-41-29-34(47(4,5)6)22-24-38(41)51-39-21-17-20-37-45(39)53(50(11)27-16-15-26-49(37,50)10)43-31-35(48(7,8)9)30-42(52)44(43)51/h12-14,17-25,28-31H,15-16,26-27H2,1-11H3. The normalized spacial score (nSPS) is 21.6. The first kappa shape index (κ1) is 34.5. The number of hydrogen-bond donors (Lipinski definition) is 0. The molecule has 0 saturated heterocycles. The van der Waals surface area contributed by atoms with E-state index in [9.17, 15) is 0 Å². The molecule has 270 valence electrons. The summed E-state index contributed by atoms with van der Waals surface area (Å²) in [6, 6.07) is 38.3. The van der Waals surface area contributed by atoms with E-state index in [0.29, 0.717) is 0 Å². The molecule has 1 saturated carbocycles. The second-order valence-electron chi connectivity index (χ2n) is 20.2. The lowest BCUT2D eigenvalue weighted by molar-refractivity contribution is 0.195. The average molecular weight is 697 g/mol. The van der Waals surface area contributed by atoms with Crippen LogP contribution in [0.25, 0.3) is 11.1 Å². The smallest absolute Gasteiger partial charge is 0.252 e. The molecule has 9 rings (SSSR count). The van der Waals surface area contributed by atoms with Crippen molar-refractivity contribution in [1.29, 1.82) is 0 Å². The van der Waals surface area contributed by atoms with Gasteiger partial charge in [0.15, 0.2) is 0 Å². The van der Waals surface area contributed by atoms with Gasteiger partial charge >= 0.3 is 0 Å². The Balaban J connectivity index is 1.43. The molecule has 1 aliphatic carbocycles. The van der Waals surface area contributed by atoms with Gasteiger partial charge in [0.05, 0.1) is 11.2 Å². The van der Waals surface area contributed by atoms with Crippen LogP contribution in [0.5, 0.6) is 0 Å². The van der Waals surface area contributed by atoms with E-state index >= 15 is 0 Å². The minimum atomic E-state index is -0.0329. The van der Waals surface area contributed by atoms with Crippen molar-refractivity contribution in [2.45, 2.75) is 129 Å². The van der Waals surface area contributed by atoms with Gasteiger partial charge in [0.1, 0.15) is 0 Å². The van der Waals surface area contributed by atoms with Gasteiger partial charge in [0, 0.05) is 33.7 Å². The monoisotopic (exact) mass is 696 g/mol. The fourth-order valence-electron chi connectivity index (χ4n) is 10.5. The molecule has 5 aromatic carbocycles. The van der Waals surface area contributed by atoms with E-state index in [1.54, 1.807) is 5.56 Å². The molecule has 0 bridgehead atoms. The maximum Gasteiger partial charge on any atom is 0.252 e. The highest BCUT2D eigenvalue weighted by atomic mass is 15.3. The molecule has 53 heavy (non-hydrogen) atoms. The fourth-order valence-corrected chi connectivity index (χ4v) is 10.5. The van der Waals surface area contributed by atoms with Crippen LogP contribution >= 0.6 is 0 Å². The van der Waals surface area contributed by atoms with Crippen molar-refractivity contribution < 1.29 is 0 Å². The zero-order chi connectivity index (χ0) is 37.5. The third-order valence-corrected chi connectivity index (χ3v) is 13.9. The molecule has 5 aromatic rings. The summed E-state index contributed by atoms with van der Waals surface area (Å²) in [6.07, 6.45) is 5.02. The second-order valence-corrected chi connectivity index (χ2v) is 20.2. The van der Waals surface area contributed by atoms with Gasteiger partial charge in [0.25, 0.3) is 6.71 Å². The molecule has 2 atom stereocenters. The molecule has 0 amide bonds. The van der Waals surface area contributed by atoms with Gasteiger partial charge in [-0.25, -0.2) is 0 Å². The highest BCUT2D eigenvalue weighted by molar-refractivity contribution is 7.00. The zero-order valence-electron chi connectivity index (χ0n) is 34.0. The van der Waals surface area contributed by atoms with Gasteiger partial charge in [0.2, 0.25) is 0 Å². The number of benzene rings is 5. The van der Waals surface area contributed by atoms with Crippen LogP contribution in [0.4, 0.5) is 28.4 Å². The molecule has 2 unspecified atom stereocenters. The first-order valence-electron chi connectivity index (χ1n) is 20.2. The Labute approximate surface area is 319 Å². The predicted octanol–water partition coefficient (Wildman–Crippen LogP) is 11.6. The third kappa shape index (κ3) is 4.84. The Hall–Kier alpha value is -4.24. The summed E-state index contributed by atoms with van der Waals surface area (Å²) in [6.45, 7) is 26.6. The van der Waals surface area contributed by atoms with Gasteiger partial charge in [-0.3, -0.25) is 0 Å². The first-order valence-corrected chi connectivity index (χ1v) is 20.2. The Bertz CT molecular complexity index is 2300. The lowest BCUT2D eigenvalue weighted by atomic mass is 9.33. The zero-order valence-corrected chi connectivity index (χ0v) is 34.0. The van der Waals surface area contributed by atoms with Crippen LogP contribution in [0, 0.1) is 0 Å². The molecule has 4 aliphatic rings. The summed E-state index contributed by atoms with van der Waals surface area (Å²) in [7, 11) is 0. The Morgan fingerprint density at radius 3 is 1.87 bits per heavy atom. The molecule has 3 heteroatoms. The van der Waals surface area contributed by atoms with E-state index in [0.717, 1.165) is 0 Å². The van der Waals surface area contributed by atoms with E-state index in [2.05, 4.69) is 183 Å². The van der Waals surface area contributed by atoms with Gasteiger partial charge in [-0.05, 0) is 111 Å². The minimum Gasteiger partial charge on any atom is -0.335 e. The van der Waals surface area contributed by atoms with Crippen molar-refractivity contribution in [2.75, 3.05) is 9.80 Å². The van der Waals surface area contributed by atoms with Gasteiger partial charge in [-0.1, -0.05) is 149 Å². The van der Waals surface area contributed by atoms with Crippen LogP contribution in [0.3, 0.4) is 0 Å². The van der Waals surface area contributed by atoms with Gasteiger partial charge in [-0.2, -0.15) is 0 Å². The van der Waals surface area contributed by atoms with Crippen molar-refractivity contribution >= 4 is 51.5 Å². The molecule has 1 fully saturated rings. The van der Waals surface area contributed by atoms with Gasteiger partial charge in [-0.15, -0.1) is 0 Å². The lowest BCUT2D eigenvalue weighted by Crippen LogP contribution is -2.64.